The SMILES string of the molecule is CCn1c(SCC(=O)NC2CC2)nnc1C(C)Oc1cc(C)c(Cl)c(C)c1. The summed E-state index contributed by atoms with van der Waals surface area (Å²) in [6.45, 7) is 8.61. The van der Waals surface area contributed by atoms with Crippen molar-refractivity contribution in [3.05, 3.63) is 34.1 Å². The number of nitrogens with zero attached hydrogens (tertiary/aromatic N) is 3. The highest BCUT2D eigenvalue weighted by molar-refractivity contribution is 7.99. The average Bonchev–Trinajstić information content (AvgIpc) is 3.33. The van der Waals surface area contributed by atoms with Crippen molar-refractivity contribution in [2.75, 3.05) is 5.75 Å². The molecule has 1 unspecified atom stereocenters. The molecule has 1 aromatic heterocycles. The topological polar surface area (TPSA) is 69.0 Å². The lowest BCUT2D eigenvalue weighted by molar-refractivity contribution is -0.118. The van der Waals surface area contributed by atoms with Gasteiger partial charge in [0.2, 0.25) is 5.91 Å². The van der Waals surface area contributed by atoms with E-state index in [2.05, 4.69) is 15.5 Å². The van der Waals surface area contributed by atoms with E-state index in [0.717, 1.165) is 45.7 Å². The van der Waals surface area contributed by atoms with Crippen LogP contribution < -0.4 is 10.1 Å². The summed E-state index contributed by atoms with van der Waals surface area (Å²) < 4.78 is 8.08. The minimum Gasteiger partial charge on any atom is -0.483 e. The molecule has 0 spiro atoms. The number of ether oxygens (including phenoxy) is 1. The number of halogens is 1. The van der Waals surface area contributed by atoms with Crippen LogP contribution in [0.25, 0.3) is 0 Å². The van der Waals surface area contributed by atoms with Crippen LogP contribution in [0.1, 0.15) is 49.7 Å². The van der Waals surface area contributed by atoms with E-state index in [1.54, 1.807) is 0 Å². The molecule has 3 rings (SSSR count). The second-order valence-corrected chi connectivity index (χ2v) is 8.17. The number of hydrogen-bond donors (Lipinski definition) is 1. The molecule has 1 aliphatic rings. The molecule has 1 amide bonds. The van der Waals surface area contributed by atoms with Gasteiger partial charge < -0.3 is 14.6 Å². The van der Waals surface area contributed by atoms with Crippen LogP contribution in [0.15, 0.2) is 17.3 Å². The van der Waals surface area contributed by atoms with Gasteiger partial charge in [-0.15, -0.1) is 10.2 Å². The summed E-state index contributed by atoms with van der Waals surface area (Å²) in [7, 11) is 0. The van der Waals surface area contributed by atoms with Gasteiger partial charge in [-0.2, -0.15) is 0 Å². The highest BCUT2D eigenvalue weighted by Crippen LogP contribution is 2.29. The molecule has 1 saturated carbocycles. The van der Waals surface area contributed by atoms with Gasteiger partial charge >= 0.3 is 0 Å². The van der Waals surface area contributed by atoms with Crippen molar-refractivity contribution in [2.45, 2.75) is 64.4 Å². The lowest BCUT2D eigenvalue weighted by Gasteiger charge is -2.17. The molecule has 0 radical (unpaired) electrons. The molecule has 27 heavy (non-hydrogen) atoms. The van der Waals surface area contributed by atoms with E-state index in [-0.39, 0.29) is 12.0 Å². The maximum Gasteiger partial charge on any atom is 0.230 e. The zero-order chi connectivity index (χ0) is 19.6. The molecule has 1 heterocycles. The maximum absolute atomic E-state index is 11.9. The maximum atomic E-state index is 11.9. The van der Waals surface area contributed by atoms with E-state index in [9.17, 15) is 4.79 Å². The largest absolute Gasteiger partial charge is 0.483 e. The molecule has 146 valence electrons. The first-order valence-electron chi connectivity index (χ1n) is 9.17. The van der Waals surface area contributed by atoms with Crippen molar-refractivity contribution in [1.82, 2.24) is 20.1 Å². The van der Waals surface area contributed by atoms with Gasteiger partial charge in [-0.25, -0.2) is 0 Å². The Labute approximate surface area is 169 Å². The number of aromatic nitrogens is 3. The fraction of sp³-hybridized carbons (Fsp3) is 0.526. The van der Waals surface area contributed by atoms with E-state index in [1.807, 2.05) is 44.4 Å². The summed E-state index contributed by atoms with van der Waals surface area (Å²) in [5.41, 5.74) is 1.96. The van der Waals surface area contributed by atoms with Crippen molar-refractivity contribution >= 4 is 29.3 Å². The first-order chi connectivity index (χ1) is 12.9. The highest BCUT2D eigenvalue weighted by atomic mass is 35.5. The molecular formula is C19H25ClN4O2S. The summed E-state index contributed by atoms with van der Waals surface area (Å²) in [5.74, 6) is 1.89. The van der Waals surface area contributed by atoms with Crippen LogP contribution in [0, 0.1) is 13.8 Å². The van der Waals surface area contributed by atoms with E-state index in [1.165, 1.54) is 11.8 Å². The minimum atomic E-state index is -0.271. The quantitative estimate of drug-likeness (QED) is 0.666. The highest BCUT2D eigenvalue weighted by Gasteiger charge is 2.24. The first-order valence-corrected chi connectivity index (χ1v) is 10.5. The van der Waals surface area contributed by atoms with Gasteiger partial charge in [0, 0.05) is 17.6 Å². The first kappa shape index (κ1) is 20.0. The third-order valence-electron chi connectivity index (χ3n) is 4.42. The molecule has 0 aliphatic heterocycles. The molecule has 1 aromatic carbocycles. The van der Waals surface area contributed by atoms with E-state index >= 15 is 0 Å². The molecule has 1 fully saturated rings. The van der Waals surface area contributed by atoms with Gasteiger partial charge in [-0.05, 0) is 63.8 Å². The van der Waals surface area contributed by atoms with Crippen molar-refractivity contribution in [2.24, 2.45) is 0 Å². The summed E-state index contributed by atoms with van der Waals surface area (Å²) in [6, 6.07) is 4.23. The number of carbonyl (C=O) groups excluding carboxylic acids is 1. The van der Waals surface area contributed by atoms with Crippen LogP contribution >= 0.6 is 23.4 Å². The van der Waals surface area contributed by atoms with Crippen LogP contribution in [0.4, 0.5) is 0 Å². The number of aryl methyl sites for hydroxylation is 2. The number of carbonyl (C=O) groups is 1. The predicted molar refractivity (Wildman–Crippen MR) is 108 cm³/mol. The summed E-state index contributed by atoms with van der Waals surface area (Å²) in [4.78, 5) is 11.9. The lowest BCUT2D eigenvalue weighted by Crippen LogP contribution is -2.27. The molecule has 8 heteroatoms. The van der Waals surface area contributed by atoms with E-state index in [0.29, 0.717) is 18.3 Å². The monoisotopic (exact) mass is 408 g/mol. The third-order valence-corrected chi connectivity index (χ3v) is 5.99. The van der Waals surface area contributed by atoms with Crippen LogP contribution in [0.5, 0.6) is 5.75 Å². The Bertz CT molecular complexity index is 812. The zero-order valence-corrected chi connectivity index (χ0v) is 17.7. The molecule has 2 aromatic rings. The standard InChI is InChI=1S/C19H25ClN4O2S/c1-5-24-18(13(4)26-15-8-11(2)17(20)12(3)9-15)22-23-19(24)27-10-16(25)21-14-6-7-14/h8-9,13-14H,5-7,10H2,1-4H3,(H,21,25). The van der Waals surface area contributed by atoms with Crippen LogP contribution in [0.2, 0.25) is 5.02 Å². The molecule has 6 nitrogen and oxygen atoms in total. The lowest BCUT2D eigenvalue weighted by atomic mass is 10.1. The fourth-order valence-electron chi connectivity index (χ4n) is 2.86. The van der Waals surface area contributed by atoms with Gasteiger partial charge in [0.15, 0.2) is 17.1 Å². The second kappa shape index (κ2) is 8.52. The van der Waals surface area contributed by atoms with E-state index in [4.69, 9.17) is 16.3 Å². The normalized spacial score (nSPS) is 14.9. The Morgan fingerprint density at radius 3 is 2.63 bits per heavy atom. The summed E-state index contributed by atoms with van der Waals surface area (Å²) in [6.07, 6.45) is 1.90. The van der Waals surface area contributed by atoms with Gasteiger partial charge in [0.05, 0.1) is 5.75 Å². The van der Waals surface area contributed by atoms with Gasteiger partial charge in [0.25, 0.3) is 0 Å². The Morgan fingerprint density at radius 1 is 1.37 bits per heavy atom. The molecule has 0 saturated heterocycles. The molecule has 1 atom stereocenters. The van der Waals surface area contributed by atoms with Crippen molar-refractivity contribution in [1.29, 1.82) is 0 Å². The van der Waals surface area contributed by atoms with Crippen molar-refractivity contribution in [3.63, 3.8) is 0 Å². The summed E-state index contributed by atoms with van der Waals surface area (Å²) >= 11 is 7.64. The summed E-state index contributed by atoms with van der Waals surface area (Å²) in [5, 5.41) is 13.0. The van der Waals surface area contributed by atoms with Gasteiger partial charge in [0.1, 0.15) is 5.75 Å². The van der Waals surface area contributed by atoms with E-state index < -0.39 is 0 Å². The van der Waals surface area contributed by atoms with Crippen LogP contribution in [-0.2, 0) is 11.3 Å². The number of hydrogen-bond acceptors (Lipinski definition) is 5. The number of rotatable bonds is 8. The van der Waals surface area contributed by atoms with Crippen LogP contribution in [-0.4, -0.2) is 32.5 Å². The van der Waals surface area contributed by atoms with Gasteiger partial charge in [-0.3, -0.25) is 4.79 Å². The number of benzene rings is 1. The number of thioether (sulfide) groups is 1. The third kappa shape index (κ3) is 4.96. The van der Waals surface area contributed by atoms with Crippen molar-refractivity contribution < 1.29 is 9.53 Å². The predicted octanol–water partition coefficient (Wildman–Crippen LogP) is 4.08. The number of nitrogens with one attached hydrogen (secondary N) is 1. The Morgan fingerprint density at radius 2 is 2.04 bits per heavy atom. The molecular weight excluding hydrogens is 384 g/mol. The molecule has 1 N–H and O–H groups in total. The Hall–Kier alpha value is -1.73. The van der Waals surface area contributed by atoms with Crippen molar-refractivity contribution in [3.8, 4) is 5.75 Å². The fourth-order valence-corrected chi connectivity index (χ4v) is 3.79. The number of amides is 1. The molecule has 1 aliphatic carbocycles. The Balaban J connectivity index is 1.68. The Kier molecular flexibility index (Phi) is 6.32. The minimum absolute atomic E-state index is 0.0473. The van der Waals surface area contributed by atoms with Crippen LogP contribution in [0.3, 0.4) is 0 Å². The second-order valence-electron chi connectivity index (χ2n) is 6.85. The van der Waals surface area contributed by atoms with Gasteiger partial charge in [-0.1, -0.05) is 23.4 Å². The molecule has 0 bridgehead atoms. The zero-order valence-electron chi connectivity index (χ0n) is 16.1. The average molecular weight is 409 g/mol. The smallest absolute Gasteiger partial charge is 0.230 e.